The van der Waals surface area contributed by atoms with E-state index in [2.05, 4.69) is 22.4 Å². The number of anilines is 1. The van der Waals surface area contributed by atoms with Crippen molar-refractivity contribution in [3.63, 3.8) is 0 Å². The van der Waals surface area contributed by atoms with Crippen LogP contribution in [0.1, 0.15) is 28.5 Å². The molecule has 0 aliphatic carbocycles. The minimum Gasteiger partial charge on any atom is -0.478 e. The summed E-state index contributed by atoms with van der Waals surface area (Å²) in [6.07, 6.45) is 0. The number of hydrogen-bond donors (Lipinski definition) is 2. The van der Waals surface area contributed by atoms with E-state index in [4.69, 9.17) is 10.5 Å². The number of rotatable bonds is 7. The smallest absolute Gasteiger partial charge is 0.230 e. The lowest BCUT2D eigenvalue weighted by molar-refractivity contribution is -0.120. The fourth-order valence-electron chi connectivity index (χ4n) is 3.30. The molecule has 1 aliphatic heterocycles. The Morgan fingerprint density at radius 3 is 2.81 bits per heavy atom. The topological polar surface area (TPSA) is 97.5 Å². The highest BCUT2D eigenvalue weighted by Gasteiger charge is 2.37. The highest BCUT2D eigenvalue weighted by molar-refractivity contribution is 6.13. The predicted octanol–water partition coefficient (Wildman–Crippen LogP) is 1.50. The molecule has 142 valence electrons. The molecule has 0 radical (unpaired) electrons. The second-order valence-electron chi connectivity index (χ2n) is 6.50. The van der Waals surface area contributed by atoms with Crippen molar-refractivity contribution >= 4 is 17.4 Å². The highest BCUT2D eigenvalue weighted by Crippen LogP contribution is 2.31. The van der Waals surface area contributed by atoms with Gasteiger partial charge in [0.1, 0.15) is 11.6 Å². The normalized spacial score (nSPS) is 16.1. The van der Waals surface area contributed by atoms with Crippen LogP contribution in [0.15, 0.2) is 36.4 Å². The zero-order valence-corrected chi connectivity index (χ0v) is 15.6. The summed E-state index contributed by atoms with van der Waals surface area (Å²) >= 11 is 0. The van der Waals surface area contributed by atoms with E-state index in [0.29, 0.717) is 24.7 Å². The van der Waals surface area contributed by atoms with Crippen molar-refractivity contribution in [3.8, 4) is 5.88 Å². The van der Waals surface area contributed by atoms with Crippen LogP contribution in [0.2, 0.25) is 0 Å². The third kappa shape index (κ3) is 4.09. The number of ether oxygens (including phenoxy) is 1. The number of nitrogens with two attached hydrogens (primary N) is 1. The van der Waals surface area contributed by atoms with Gasteiger partial charge in [0.15, 0.2) is 5.78 Å². The van der Waals surface area contributed by atoms with Crippen LogP contribution >= 0.6 is 0 Å². The maximum Gasteiger partial charge on any atom is 0.230 e. The van der Waals surface area contributed by atoms with E-state index in [1.807, 2.05) is 37.1 Å². The van der Waals surface area contributed by atoms with Crippen LogP contribution in [0.4, 0.5) is 5.69 Å². The monoisotopic (exact) mass is 368 g/mol. The molecule has 1 amide bonds. The summed E-state index contributed by atoms with van der Waals surface area (Å²) in [4.78, 5) is 30.8. The third-order valence-corrected chi connectivity index (χ3v) is 4.52. The number of Topliss-reactive ketones (excluding diaryl/α,β-unsaturated/α-hetero) is 1. The molecule has 2 heterocycles. The zero-order chi connectivity index (χ0) is 19.4. The molecule has 7 heteroatoms. The Labute approximate surface area is 158 Å². The SMILES string of the molecule is CCOc1ccc2c(n1)C(=O)C(C(N)=O)CN2Cc1cccc(CNC)c1. The summed E-state index contributed by atoms with van der Waals surface area (Å²) in [5.74, 6) is -1.53. The van der Waals surface area contributed by atoms with Gasteiger partial charge in [-0.05, 0) is 31.2 Å². The minimum absolute atomic E-state index is 0.238. The van der Waals surface area contributed by atoms with E-state index in [1.54, 1.807) is 6.07 Å². The fraction of sp³-hybridized carbons (Fsp3) is 0.350. The summed E-state index contributed by atoms with van der Waals surface area (Å²) in [6.45, 7) is 3.86. The van der Waals surface area contributed by atoms with Gasteiger partial charge in [0.2, 0.25) is 11.8 Å². The lowest BCUT2D eigenvalue weighted by Gasteiger charge is -2.33. The summed E-state index contributed by atoms with van der Waals surface area (Å²) < 4.78 is 5.41. The number of nitrogens with zero attached hydrogens (tertiary/aromatic N) is 2. The number of carbonyl (C=O) groups excluding carboxylic acids is 2. The van der Waals surface area contributed by atoms with Crippen LogP contribution in [0.3, 0.4) is 0 Å². The van der Waals surface area contributed by atoms with Gasteiger partial charge in [-0.2, -0.15) is 0 Å². The number of aromatic nitrogens is 1. The average molecular weight is 368 g/mol. The number of hydrogen-bond acceptors (Lipinski definition) is 6. The second-order valence-corrected chi connectivity index (χ2v) is 6.50. The minimum atomic E-state index is -0.914. The summed E-state index contributed by atoms with van der Waals surface area (Å²) in [5.41, 5.74) is 8.66. The van der Waals surface area contributed by atoms with Gasteiger partial charge >= 0.3 is 0 Å². The van der Waals surface area contributed by atoms with Crippen LogP contribution < -0.4 is 20.7 Å². The lowest BCUT2D eigenvalue weighted by Crippen LogP contribution is -2.45. The molecule has 0 fully saturated rings. The van der Waals surface area contributed by atoms with Gasteiger partial charge in [0, 0.05) is 25.7 Å². The van der Waals surface area contributed by atoms with Gasteiger partial charge < -0.3 is 20.7 Å². The molecule has 1 aliphatic rings. The van der Waals surface area contributed by atoms with E-state index >= 15 is 0 Å². The van der Waals surface area contributed by atoms with Crippen LogP contribution in [0, 0.1) is 5.92 Å². The van der Waals surface area contributed by atoms with Gasteiger partial charge in [-0.3, -0.25) is 9.59 Å². The Hall–Kier alpha value is -2.93. The summed E-state index contributed by atoms with van der Waals surface area (Å²) in [5, 5.41) is 3.13. The Kier molecular flexibility index (Phi) is 5.71. The second kappa shape index (κ2) is 8.18. The zero-order valence-electron chi connectivity index (χ0n) is 15.6. The van der Waals surface area contributed by atoms with Crippen LogP contribution in [-0.4, -0.2) is 36.9 Å². The fourth-order valence-corrected chi connectivity index (χ4v) is 3.30. The number of fused-ring (bicyclic) bond motifs is 1. The molecule has 0 spiro atoms. The molecular formula is C20H24N4O3. The number of benzene rings is 1. The number of nitrogens with one attached hydrogen (secondary N) is 1. The molecule has 27 heavy (non-hydrogen) atoms. The Morgan fingerprint density at radius 1 is 1.33 bits per heavy atom. The standard InChI is InChI=1S/C20H24N4O3/c1-3-27-17-8-7-16-18(23-17)19(25)15(20(21)26)12-24(16)11-14-6-4-5-13(9-14)10-22-2/h4-9,15,22H,3,10-12H2,1-2H3,(H2,21,26). The van der Waals surface area contributed by atoms with Gasteiger partial charge in [0.05, 0.1) is 12.3 Å². The van der Waals surface area contributed by atoms with Crippen molar-refractivity contribution < 1.29 is 14.3 Å². The van der Waals surface area contributed by atoms with E-state index < -0.39 is 11.8 Å². The van der Waals surface area contributed by atoms with Crippen molar-refractivity contribution in [2.75, 3.05) is 25.1 Å². The molecule has 1 aromatic heterocycles. The first kappa shape index (κ1) is 18.8. The van der Waals surface area contributed by atoms with Crippen LogP contribution in [0.5, 0.6) is 5.88 Å². The molecule has 3 rings (SSSR count). The number of amides is 1. The first-order chi connectivity index (χ1) is 13.0. The predicted molar refractivity (Wildman–Crippen MR) is 103 cm³/mol. The molecule has 0 saturated carbocycles. The summed E-state index contributed by atoms with van der Waals surface area (Å²) in [7, 11) is 1.90. The molecule has 7 nitrogen and oxygen atoms in total. The number of carbonyl (C=O) groups is 2. The number of pyridine rings is 1. The lowest BCUT2D eigenvalue weighted by atomic mass is 9.93. The molecule has 0 saturated heterocycles. The van der Waals surface area contributed by atoms with Crippen molar-refractivity contribution in [2.45, 2.75) is 20.0 Å². The van der Waals surface area contributed by atoms with E-state index in [0.717, 1.165) is 12.1 Å². The highest BCUT2D eigenvalue weighted by atomic mass is 16.5. The molecule has 1 aromatic carbocycles. The molecule has 1 unspecified atom stereocenters. The van der Waals surface area contributed by atoms with Crippen molar-refractivity contribution in [1.29, 1.82) is 0 Å². The Bertz CT molecular complexity index is 853. The van der Waals surface area contributed by atoms with E-state index in [1.165, 1.54) is 5.56 Å². The largest absolute Gasteiger partial charge is 0.478 e. The van der Waals surface area contributed by atoms with Gasteiger partial charge in [0.25, 0.3) is 0 Å². The maximum atomic E-state index is 12.7. The van der Waals surface area contributed by atoms with Crippen molar-refractivity contribution in [2.24, 2.45) is 11.7 Å². The van der Waals surface area contributed by atoms with Crippen LogP contribution in [-0.2, 0) is 17.9 Å². The van der Waals surface area contributed by atoms with Crippen molar-refractivity contribution in [1.82, 2.24) is 10.3 Å². The molecule has 2 aromatic rings. The van der Waals surface area contributed by atoms with Crippen LogP contribution in [0.25, 0.3) is 0 Å². The molecule has 0 bridgehead atoms. The third-order valence-electron chi connectivity index (χ3n) is 4.52. The van der Waals surface area contributed by atoms with E-state index in [-0.39, 0.29) is 18.0 Å². The van der Waals surface area contributed by atoms with Crippen molar-refractivity contribution in [3.05, 3.63) is 53.2 Å². The molecule has 1 atom stereocenters. The Balaban J connectivity index is 1.95. The first-order valence-electron chi connectivity index (χ1n) is 8.98. The first-order valence-corrected chi connectivity index (χ1v) is 8.98. The average Bonchev–Trinajstić information content (AvgIpc) is 2.65. The van der Waals surface area contributed by atoms with Gasteiger partial charge in [-0.15, -0.1) is 0 Å². The number of ketones is 1. The molecular weight excluding hydrogens is 344 g/mol. The molecule has 3 N–H and O–H groups in total. The summed E-state index contributed by atoms with van der Waals surface area (Å²) in [6, 6.07) is 11.7. The quantitative estimate of drug-likeness (QED) is 0.719. The maximum absolute atomic E-state index is 12.7. The van der Waals surface area contributed by atoms with E-state index in [9.17, 15) is 9.59 Å². The van der Waals surface area contributed by atoms with Gasteiger partial charge in [-0.1, -0.05) is 24.3 Å². The number of primary amides is 1. The van der Waals surface area contributed by atoms with Gasteiger partial charge in [-0.25, -0.2) is 4.98 Å². The Morgan fingerprint density at radius 2 is 2.11 bits per heavy atom.